The Balaban J connectivity index is 2.71. The second kappa shape index (κ2) is 5.32. The monoisotopic (exact) mass is 264 g/mol. The Bertz CT molecular complexity index is 675. The number of carbonyl (C=O) groups excluding carboxylic acids is 1. The van der Waals surface area contributed by atoms with Crippen molar-refractivity contribution in [2.75, 3.05) is 0 Å². The van der Waals surface area contributed by atoms with Crippen LogP contribution < -0.4 is 0 Å². The minimum atomic E-state index is -1.53. The first kappa shape index (κ1) is 14.0. The number of terminal acetylenes is 1. The smallest absolute Gasteiger partial charge is 0.177 e. The molecule has 2 rings (SSSR count). The van der Waals surface area contributed by atoms with Crippen LogP contribution in [0.25, 0.3) is 0 Å². The average Bonchev–Trinajstić information content (AvgIpc) is 2.46. The first-order valence-corrected chi connectivity index (χ1v) is 6.35. The number of rotatable bonds is 3. The van der Waals surface area contributed by atoms with E-state index in [0.717, 1.165) is 17.4 Å². The predicted molar refractivity (Wildman–Crippen MR) is 79.6 cm³/mol. The van der Waals surface area contributed by atoms with Crippen LogP contribution >= 0.6 is 0 Å². The normalized spacial score (nSPS) is 13.3. The molecular weight excluding hydrogens is 248 g/mol. The quantitative estimate of drug-likeness (QED) is 0.683. The van der Waals surface area contributed by atoms with Gasteiger partial charge in [-0.3, -0.25) is 4.79 Å². The third-order valence-electron chi connectivity index (χ3n) is 3.49. The van der Waals surface area contributed by atoms with Crippen molar-refractivity contribution in [3.63, 3.8) is 0 Å². The van der Waals surface area contributed by atoms with E-state index in [1.54, 1.807) is 24.3 Å². The molecule has 0 saturated heterocycles. The van der Waals surface area contributed by atoms with Crippen LogP contribution in [0.1, 0.15) is 32.6 Å². The lowest BCUT2D eigenvalue weighted by atomic mass is 9.81. The standard InChI is InChI=1S/C18H16O2/c1-4-18(20,16-10-6-9-15(11-16)12-19)17-13(2)7-5-8-14(17)3/h1,5-12,20H,2-3H3. The Morgan fingerprint density at radius 3 is 2.30 bits per heavy atom. The van der Waals surface area contributed by atoms with Crippen LogP contribution in [0, 0.1) is 26.2 Å². The van der Waals surface area contributed by atoms with E-state index in [4.69, 9.17) is 6.42 Å². The van der Waals surface area contributed by atoms with E-state index < -0.39 is 5.60 Å². The molecule has 0 aliphatic carbocycles. The van der Waals surface area contributed by atoms with Crippen LogP contribution in [-0.4, -0.2) is 11.4 Å². The molecule has 0 aromatic heterocycles. The Morgan fingerprint density at radius 2 is 1.75 bits per heavy atom. The largest absolute Gasteiger partial charge is 0.369 e. The van der Waals surface area contributed by atoms with Crippen LogP contribution in [-0.2, 0) is 5.60 Å². The Labute approximate surface area is 119 Å². The summed E-state index contributed by atoms with van der Waals surface area (Å²) in [5.41, 5.74) is 2.02. The third kappa shape index (κ3) is 2.24. The fraction of sp³-hybridized carbons (Fsp3) is 0.167. The molecule has 1 atom stereocenters. The van der Waals surface area contributed by atoms with Crippen molar-refractivity contribution in [2.24, 2.45) is 0 Å². The molecule has 0 fully saturated rings. The summed E-state index contributed by atoms with van der Waals surface area (Å²) < 4.78 is 0. The maximum absolute atomic E-state index is 11.0. The molecule has 2 nitrogen and oxygen atoms in total. The molecule has 1 N–H and O–H groups in total. The zero-order valence-electron chi connectivity index (χ0n) is 11.6. The first-order chi connectivity index (χ1) is 9.52. The van der Waals surface area contributed by atoms with Crippen LogP contribution in [0.2, 0.25) is 0 Å². The van der Waals surface area contributed by atoms with Crippen molar-refractivity contribution >= 4 is 6.29 Å². The first-order valence-electron chi connectivity index (χ1n) is 6.35. The Morgan fingerprint density at radius 1 is 1.15 bits per heavy atom. The van der Waals surface area contributed by atoms with Gasteiger partial charge in [0.15, 0.2) is 5.60 Å². The minimum Gasteiger partial charge on any atom is -0.369 e. The second-order valence-corrected chi connectivity index (χ2v) is 4.86. The molecule has 0 aliphatic rings. The molecular formula is C18H16O2. The number of hydrogen-bond donors (Lipinski definition) is 1. The third-order valence-corrected chi connectivity index (χ3v) is 3.49. The van der Waals surface area contributed by atoms with Crippen LogP contribution in [0.3, 0.4) is 0 Å². The molecule has 100 valence electrons. The summed E-state index contributed by atoms with van der Waals surface area (Å²) in [5.74, 6) is 2.48. The van der Waals surface area contributed by atoms with Crippen molar-refractivity contribution < 1.29 is 9.90 Å². The van der Waals surface area contributed by atoms with Gasteiger partial charge in [0.2, 0.25) is 0 Å². The highest BCUT2D eigenvalue weighted by atomic mass is 16.3. The molecule has 0 saturated carbocycles. The Kier molecular flexibility index (Phi) is 3.74. The van der Waals surface area contributed by atoms with E-state index in [2.05, 4.69) is 5.92 Å². The average molecular weight is 264 g/mol. The summed E-state index contributed by atoms with van der Waals surface area (Å²) >= 11 is 0. The summed E-state index contributed by atoms with van der Waals surface area (Å²) in [6.45, 7) is 3.82. The number of aryl methyl sites for hydroxylation is 2. The number of hydrogen-bond acceptors (Lipinski definition) is 2. The van der Waals surface area contributed by atoms with Crippen molar-refractivity contribution in [3.05, 3.63) is 70.3 Å². The van der Waals surface area contributed by atoms with Gasteiger partial charge in [0.25, 0.3) is 0 Å². The van der Waals surface area contributed by atoms with Gasteiger partial charge >= 0.3 is 0 Å². The zero-order valence-corrected chi connectivity index (χ0v) is 11.6. The van der Waals surface area contributed by atoms with Crippen molar-refractivity contribution in [1.82, 2.24) is 0 Å². The van der Waals surface area contributed by atoms with E-state index in [1.165, 1.54) is 0 Å². The molecule has 0 amide bonds. The fourth-order valence-electron chi connectivity index (χ4n) is 2.52. The van der Waals surface area contributed by atoms with Gasteiger partial charge in [0.1, 0.15) is 6.29 Å². The van der Waals surface area contributed by atoms with E-state index >= 15 is 0 Å². The molecule has 0 radical (unpaired) electrons. The van der Waals surface area contributed by atoms with E-state index in [1.807, 2.05) is 32.0 Å². The van der Waals surface area contributed by atoms with Gasteiger partial charge in [-0.1, -0.05) is 42.3 Å². The molecule has 2 aromatic rings. The highest BCUT2D eigenvalue weighted by Crippen LogP contribution is 2.33. The molecule has 0 heterocycles. The van der Waals surface area contributed by atoms with E-state index in [-0.39, 0.29) is 0 Å². The van der Waals surface area contributed by atoms with E-state index in [0.29, 0.717) is 16.7 Å². The number of carbonyl (C=O) groups is 1. The lowest BCUT2D eigenvalue weighted by molar-refractivity contribution is 0.112. The number of aldehydes is 1. The maximum Gasteiger partial charge on any atom is 0.177 e. The number of benzene rings is 2. The molecule has 0 bridgehead atoms. The summed E-state index contributed by atoms with van der Waals surface area (Å²) in [4.78, 5) is 10.9. The van der Waals surface area contributed by atoms with Crippen molar-refractivity contribution in [2.45, 2.75) is 19.4 Å². The highest BCUT2D eigenvalue weighted by molar-refractivity contribution is 5.75. The van der Waals surface area contributed by atoms with Crippen LogP contribution in [0.4, 0.5) is 0 Å². The number of aliphatic hydroxyl groups is 1. The summed E-state index contributed by atoms with van der Waals surface area (Å²) in [6, 6.07) is 12.5. The zero-order chi connectivity index (χ0) is 14.8. The molecule has 1 unspecified atom stereocenters. The van der Waals surface area contributed by atoms with Gasteiger partial charge in [-0.25, -0.2) is 0 Å². The summed E-state index contributed by atoms with van der Waals surface area (Å²) in [7, 11) is 0. The summed E-state index contributed by atoms with van der Waals surface area (Å²) in [5, 5.41) is 11.0. The predicted octanol–water partition coefficient (Wildman–Crippen LogP) is 2.99. The topological polar surface area (TPSA) is 37.3 Å². The van der Waals surface area contributed by atoms with Crippen molar-refractivity contribution in [3.8, 4) is 12.3 Å². The minimum absolute atomic E-state index is 0.488. The second-order valence-electron chi connectivity index (χ2n) is 4.86. The van der Waals surface area contributed by atoms with Gasteiger partial charge in [0.05, 0.1) is 0 Å². The van der Waals surface area contributed by atoms with Crippen LogP contribution in [0.15, 0.2) is 42.5 Å². The fourth-order valence-corrected chi connectivity index (χ4v) is 2.52. The van der Waals surface area contributed by atoms with E-state index in [9.17, 15) is 9.90 Å². The van der Waals surface area contributed by atoms with Gasteiger partial charge in [-0.15, -0.1) is 6.42 Å². The molecule has 20 heavy (non-hydrogen) atoms. The molecule has 0 spiro atoms. The maximum atomic E-state index is 11.0. The van der Waals surface area contributed by atoms with Crippen molar-refractivity contribution in [1.29, 1.82) is 0 Å². The van der Waals surface area contributed by atoms with Gasteiger partial charge in [0, 0.05) is 16.7 Å². The summed E-state index contributed by atoms with van der Waals surface area (Å²) in [6.07, 6.45) is 6.35. The molecule has 2 aromatic carbocycles. The molecule has 2 heteroatoms. The highest BCUT2D eigenvalue weighted by Gasteiger charge is 2.32. The lowest BCUT2D eigenvalue weighted by Gasteiger charge is -2.27. The van der Waals surface area contributed by atoms with Crippen LogP contribution in [0.5, 0.6) is 0 Å². The Hall–Kier alpha value is -2.37. The lowest BCUT2D eigenvalue weighted by Crippen LogP contribution is -2.27. The van der Waals surface area contributed by atoms with Gasteiger partial charge in [-0.05, 0) is 31.0 Å². The van der Waals surface area contributed by atoms with Gasteiger partial charge in [-0.2, -0.15) is 0 Å². The SMILES string of the molecule is C#CC(O)(c1cccc(C=O)c1)c1c(C)cccc1C. The van der Waals surface area contributed by atoms with Gasteiger partial charge < -0.3 is 5.11 Å². The molecule has 0 aliphatic heterocycles.